The Balaban J connectivity index is 1.48. The number of nitrogens with zero attached hydrogens (tertiary/aromatic N) is 1. The predicted octanol–water partition coefficient (Wildman–Crippen LogP) is 0.740. The fraction of sp³-hybridized carbons (Fsp3) is 0.684. The van der Waals surface area contributed by atoms with E-state index in [2.05, 4.69) is 5.32 Å². The smallest absolute Gasteiger partial charge is 0.261 e. The number of fused-ring (bicyclic) bond motifs is 2. The van der Waals surface area contributed by atoms with Gasteiger partial charge in [0.05, 0.1) is 23.7 Å². The first kappa shape index (κ1) is 18.9. The Morgan fingerprint density at radius 3 is 2.78 bits per heavy atom. The van der Waals surface area contributed by atoms with E-state index in [-0.39, 0.29) is 18.4 Å². The summed E-state index contributed by atoms with van der Waals surface area (Å²) in [5, 5.41) is 12.2. The van der Waals surface area contributed by atoms with Gasteiger partial charge in [-0.25, -0.2) is 0 Å². The van der Waals surface area contributed by atoms with Crippen LogP contribution >= 0.6 is 11.3 Å². The Labute approximate surface area is 162 Å². The summed E-state index contributed by atoms with van der Waals surface area (Å²) >= 11 is 1.58. The first-order valence-electron chi connectivity index (χ1n) is 9.76. The van der Waals surface area contributed by atoms with E-state index in [4.69, 9.17) is 15.6 Å². The molecule has 4 rings (SSSR count). The van der Waals surface area contributed by atoms with Crippen molar-refractivity contribution in [3.8, 4) is 0 Å². The Bertz CT molecular complexity index is 723. The first-order valence-corrected chi connectivity index (χ1v) is 10.6. The summed E-state index contributed by atoms with van der Waals surface area (Å²) in [5.41, 5.74) is 6.37. The van der Waals surface area contributed by atoms with Crippen molar-refractivity contribution >= 4 is 23.2 Å². The van der Waals surface area contributed by atoms with Gasteiger partial charge in [-0.15, -0.1) is 11.3 Å². The van der Waals surface area contributed by atoms with Crippen molar-refractivity contribution in [3.63, 3.8) is 0 Å². The minimum atomic E-state index is -0.857. The Kier molecular flexibility index (Phi) is 5.24. The number of amides is 2. The maximum Gasteiger partial charge on any atom is 0.261 e. The molecule has 1 aromatic heterocycles. The van der Waals surface area contributed by atoms with Crippen LogP contribution in [0.25, 0.3) is 0 Å². The zero-order chi connectivity index (χ0) is 19.0. The van der Waals surface area contributed by atoms with E-state index in [0.29, 0.717) is 38.6 Å². The van der Waals surface area contributed by atoms with E-state index >= 15 is 0 Å². The molecule has 27 heavy (non-hydrogen) atoms. The van der Waals surface area contributed by atoms with Crippen LogP contribution in [0, 0.1) is 0 Å². The van der Waals surface area contributed by atoms with Crippen molar-refractivity contribution in [1.29, 1.82) is 0 Å². The van der Waals surface area contributed by atoms with Crippen LogP contribution in [0.5, 0.6) is 0 Å². The van der Waals surface area contributed by atoms with Gasteiger partial charge in [-0.3, -0.25) is 9.59 Å². The minimum Gasteiger partial charge on any atom is -0.394 e. The molecule has 1 spiro atoms. The number of ether oxygens (including phenoxy) is 1. The van der Waals surface area contributed by atoms with Crippen LogP contribution in [0.1, 0.15) is 52.2 Å². The van der Waals surface area contributed by atoms with Crippen LogP contribution < -0.4 is 11.1 Å². The normalized spacial score (nSPS) is 22.8. The van der Waals surface area contributed by atoms with E-state index in [0.717, 1.165) is 29.7 Å². The third-order valence-corrected chi connectivity index (χ3v) is 7.26. The van der Waals surface area contributed by atoms with Crippen LogP contribution in [0.3, 0.4) is 0 Å². The predicted molar refractivity (Wildman–Crippen MR) is 102 cm³/mol. The molecule has 4 N–H and O–H groups in total. The van der Waals surface area contributed by atoms with Crippen molar-refractivity contribution in [3.05, 3.63) is 21.4 Å². The molecule has 0 bridgehead atoms. The molecule has 148 valence electrons. The molecule has 2 amide bonds. The second-order valence-electron chi connectivity index (χ2n) is 7.76. The van der Waals surface area contributed by atoms with Crippen molar-refractivity contribution in [1.82, 2.24) is 10.2 Å². The van der Waals surface area contributed by atoms with Crippen LogP contribution in [0.15, 0.2) is 6.07 Å². The molecule has 2 fully saturated rings. The van der Waals surface area contributed by atoms with E-state index in [1.165, 1.54) is 11.3 Å². The lowest BCUT2D eigenvalue weighted by molar-refractivity contribution is -0.142. The summed E-state index contributed by atoms with van der Waals surface area (Å²) < 4.78 is 6.21. The number of carbonyl (C=O) groups is 2. The van der Waals surface area contributed by atoms with Crippen molar-refractivity contribution in [2.24, 2.45) is 5.73 Å². The number of aliphatic hydroxyl groups is 1. The molecule has 7 nitrogen and oxygen atoms in total. The highest BCUT2D eigenvalue weighted by Crippen LogP contribution is 2.44. The molecule has 2 aliphatic heterocycles. The maximum absolute atomic E-state index is 12.6. The highest BCUT2D eigenvalue weighted by Gasteiger charge is 2.43. The number of nitrogens with two attached hydrogens (primary N) is 1. The van der Waals surface area contributed by atoms with E-state index < -0.39 is 11.6 Å². The zero-order valence-corrected chi connectivity index (χ0v) is 16.2. The second-order valence-corrected chi connectivity index (χ2v) is 8.89. The number of hydrogen-bond acceptors (Lipinski definition) is 6. The number of likely N-dealkylation sites (tertiary alicyclic amines) is 1. The van der Waals surface area contributed by atoms with E-state index in [1.807, 2.05) is 6.07 Å². The Hall–Kier alpha value is -1.48. The number of thiophene rings is 1. The third kappa shape index (κ3) is 3.51. The number of carbonyl (C=O) groups excluding carboxylic acids is 2. The summed E-state index contributed by atoms with van der Waals surface area (Å²) in [7, 11) is 0. The molecule has 3 heterocycles. The zero-order valence-electron chi connectivity index (χ0n) is 15.4. The lowest BCUT2D eigenvalue weighted by Crippen LogP contribution is -2.52. The van der Waals surface area contributed by atoms with Gasteiger partial charge in [0.2, 0.25) is 5.91 Å². The summed E-state index contributed by atoms with van der Waals surface area (Å²) in [5.74, 6) is -0.190. The number of nitrogens with one attached hydrogen (secondary N) is 1. The summed E-state index contributed by atoms with van der Waals surface area (Å²) in [6.45, 7) is 1.39. The van der Waals surface area contributed by atoms with Crippen molar-refractivity contribution in [2.45, 2.75) is 56.2 Å². The number of rotatable bonds is 4. The molecule has 8 heteroatoms. The average Bonchev–Trinajstić information content (AvgIpc) is 3.10. The molecule has 1 aliphatic carbocycles. The van der Waals surface area contributed by atoms with Crippen LogP contribution in [-0.2, 0) is 21.6 Å². The number of hydrogen-bond donors (Lipinski definition) is 3. The molecule has 1 aromatic rings. The number of aliphatic hydroxyl groups excluding tert-OH is 1. The SMILES string of the molecule is N[C@@H](CO)C(=O)N1CCC2(CC1)OCCc1sc(C(=O)NC3CCC3)cc12. The lowest BCUT2D eigenvalue weighted by atomic mass is 9.82. The van der Waals surface area contributed by atoms with Gasteiger partial charge in [-0.1, -0.05) is 0 Å². The highest BCUT2D eigenvalue weighted by molar-refractivity contribution is 7.14. The standard InChI is InChI=1S/C19H27N3O4S/c20-14(11-23)18(25)22-7-5-19(6-8-22)13-10-16(27-15(13)4-9-26-19)17(24)21-12-2-1-3-12/h10,12,14,23H,1-9,11,20H2,(H,21,24)/t14-/m0/s1. The molecule has 3 aliphatic rings. The van der Waals surface area contributed by atoms with Gasteiger partial charge in [0.1, 0.15) is 6.04 Å². The first-order chi connectivity index (χ1) is 13.0. The molecule has 1 saturated carbocycles. The Morgan fingerprint density at radius 2 is 2.15 bits per heavy atom. The largest absolute Gasteiger partial charge is 0.394 e. The molecular weight excluding hydrogens is 366 g/mol. The van der Waals surface area contributed by atoms with Crippen molar-refractivity contribution in [2.75, 3.05) is 26.3 Å². The van der Waals surface area contributed by atoms with Gasteiger partial charge in [0.15, 0.2) is 0 Å². The Morgan fingerprint density at radius 1 is 1.41 bits per heavy atom. The van der Waals surface area contributed by atoms with Gasteiger partial charge in [-0.2, -0.15) is 0 Å². The minimum absolute atomic E-state index is 0.0239. The van der Waals surface area contributed by atoms with E-state index in [1.54, 1.807) is 16.2 Å². The average molecular weight is 394 g/mol. The quantitative estimate of drug-likeness (QED) is 0.700. The van der Waals surface area contributed by atoms with E-state index in [9.17, 15) is 9.59 Å². The highest BCUT2D eigenvalue weighted by atomic mass is 32.1. The fourth-order valence-electron chi connectivity index (χ4n) is 4.15. The molecule has 1 atom stereocenters. The monoisotopic (exact) mass is 393 g/mol. The fourth-order valence-corrected chi connectivity index (χ4v) is 5.29. The van der Waals surface area contributed by atoms with Gasteiger partial charge >= 0.3 is 0 Å². The summed E-state index contributed by atoms with van der Waals surface area (Å²) in [4.78, 5) is 28.5. The van der Waals surface area contributed by atoms with Gasteiger partial charge in [0, 0.05) is 30.4 Å². The van der Waals surface area contributed by atoms with Gasteiger partial charge in [-0.05, 0) is 43.7 Å². The molecule has 0 unspecified atom stereocenters. The van der Waals surface area contributed by atoms with Crippen LogP contribution in [0.4, 0.5) is 0 Å². The molecular formula is C19H27N3O4S. The number of piperidine rings is 1. The molecule has 1 saturated heterocycles. The lowest BCUT2D eigenvalue weighted by Gasteiger charge is -2.44. The molecule has 0 aromatic carbocycles. The summed E-state index contributed by atoms with van der Waals surface area (Å²) in [6.07, 6.45) is 5.54. The van der Waals surface area contributed by atoms with Gasteiger partial charge < -0.3 is 25.8 Å². The van der Waals surface area contributed by atoms with Crippen molar-refractivity contribution < 1.29 is 19.4 Å². The maximum atomic E-state index is 12.6. The van der Waals surface area contributed by atoms with Crippen LogP contribution in [-0.4, -0.2) is 60.2 Å². The van der Waals surface area contributed by atoms with Crippen LogP contribution in [0.2, 0.25) is 0 Å². The summed E-state index contributed by atoms with van der Waals surface area (Å²) in [6, 6.07) is 1.47. The van der Waals surface area contributed by atoms with Gasteiger partial charge in [0.25, 0.3) is 5.91 Å². The topological polar surface area (TPSA) is 105 Å². The third-order valence-electron chi connectivity index (χ3n) is 6.07. The molecule has 0 radical (unpaired) electrons. The second kappa shape index (κ2) is 7.50.